The van der Waals surface area contributed by atoms with Crippen LogP contribution in [0.15, 0.2) is 96.0 Å². The van der Waals surface area contributed by atoms with Crippen molar-refractivity contribution in [1.82, 2.24) is 0 Å². The minimum absolute atomic E-state index is 0. The van der Waals surface area contributed by atoms with Crippen molar-refractivity contribution >= 4 is 37.8 Å². The Hall–Kier alpha value is -1.07. The van der Waals surface area contributed by atoms with E-state index in [0.717, 1.165) is 0 Å². The van der Waals surface area contributed by atoms with Crippen LogP contribution in [0.3, 0.4) is 0 Å². The van der Waals surface area contributed by atoms with Crippen LogP contribution in [0.25, 0.3) is 22.8 Å². The third-order valence-electron chi connectivity index (χ3n) is 5.95. The molecule has 2 aliphatic rings. The molecule has 2 aromatic heterocycles. The molecule has 6 rings (SSSR count). The van der Waals surface area contributed by atoms with Crippen LogP contribution in [0.4, 0.5) is 0 Å². The fraction of sp³-hybridized carbons (Fsp3) is 0.0769. The van der Waals surface area contributed by atoms with E-state index in [1.165, 1.54) is 11.1 Å². The monoisotopic (exact) mass is 644 g/mol. The second kappa shape index (κ2) is 9.82. The maximum Gasteiger partial charge on any atom is -1.00 e. The largest absolute Gasteiger partial charge is 1.00 e. The van der Waals surface area contributed by atoms with Crippen molar-refractivity contribution < 1.29 is 47.7 Å². The summed E-state index contributed by atoms with van der Waals surface area (Å²) in [5.41, 5.74) is 6.16. The molecule has 2 heterocycles. The molecule has 2 atom stereocenters. The molecule has 0 bridgehead atoms. The molecule has 0 aliphatic heterocycles. The molecule has 31 heavy (non-hydrogen) atoms. The molecule has 152 valence electrons. The zero-order valence-corrected chi connectivity index (χ0v) is 23.6. The van der Waals surface area contributed by atoms with Gasteiger partial charge in [-0.1, -0.05) is 0 Å². The molecule has 0 nitrogen and oxygen atoms in total. The minimum atomic E-state index is -1.11. The van der Waals surface area contributed by atoms with Gasteiger partial charge in [-0.05, 0) is 0 Å². The van der Waals surface area contributed by atoms with Gasteiger partial charge in [-0.2, -0.15) is 0 Å². The van der Waals surface area contributed by atoms with Crippen molar-refractivity contribution in [1.29, 1.82) is 0 Å². The zero-order chi connectivity index (χ0) is 19.2. The molecule has 0 spiro atoms. The van der Waals surface area contributed by atoms with E-state index in [2.05, 4.69) is 108 Å². The Kier molecular flexibility index (Phi) is 7.32. The predicted octanol–water partition coefficient (Wildman–Crippen LogP) is 2.56. The van der Waals surface area contributed by atoms with Gasteiger partial charge in [0.2, 0.25) is 0 Å². The van der Waals surface area contributed by atoms with E-state index in [1.54, 1.807) is 21.8 Å². The topological polar surface area (TPSA) is 0 Å². The molecule has 0 amide bonds. The average molecular weight is 644 g/mol. The Balaban J connectivity index is 0.00000116. The summed E-state index contributed by atoms with van der Waals surface area (Å²) in [5, 5.41) is 3.42. The number of fused-ring (bicyclic) bond motifs is 2. The van der Waals surface area contributed by atoms with E-state index >= 15 is 0 Å². The Morgan fingerprint density at radius 3 is 1.32 bits per heavy atom. The van der Waals surface area contributed by atoms with Crippen molar-refractivity contribution in [3.05, 3.63) is 118 Å². The number of halogens is 2. The molecular formula is C26H20Cl2HfP2. The maximum absolute atomic E-state index is 2.53. The Morgan fingerprint density at radius 2 is 0.903 bits per heavy atom. The molecule has 4 aromatic rings. The van der Waals surface area contributed by atoms with Crippen LogP contribution in [0.2, 0.25) is 0 Å². The number of allylic oxidation sites excluding steroid dienone is 2. The second-order valence-electron chi connectivity index (χ2n) is 7.61. The van der Waals surface area contributed by atoms with Crippen LogP contribution in [0.5, 0.6) is 0 Å². The molecule has 0 fully saturated rings. The van der Waals surface area contributed by atoms with Gasteiger partial charge < -0.3 is 24.8 Å². The number of rotatable bonds is 4. The van der Waals surface area contributed by atoms with Gasteiger partial charge in [-0.25, -0.2) is 0 Å². The molecule has 2 unspecified atom stereocenters. The van der Waals surface area contributed by atoms with Crippen LogP contribution in [-0.2, 0) is 22.9 Å². The van der Waals surface area contributed by atoms with E-state index in [1.807, 2.05) is 0 Å². The van der Waals surface area contributed by atoms with E-state index in [9.17, 15) is 0 Å². The quantitative estimate of drug-likeness (QED) is 0.300. The number of hydrogen-bond donors (Lipinski definition) is 0. The van der Waals surface area contributed by atoms with Gasteiger partial charge in [-0.3, -0.25) is 0 Å². The summed E-state index contributed by atoms with van der Waals surface area (Å²) >= 11 is -1.11. The molecule has 2 aromatic carbocycles. The van der Waals surface area contributed by atoms with Crippen LogP contribution >= 0.6 is 15.1 Å². The summed E-state index contributed by atoms with van der Waals surface area (Å²) in [7, 11) is -0.475. The Morgan fingerprint density at radius 1 is 0.516 bits per heavy atom. The van der Waals surface area contributed by atoms with Crippen LogP contribution in [0.1, 0.15) is 29.6 Å². The summed E-state index contributed by atoms with van der Waals surface area (Å²) in [6.07, 6.45) is 5.06. The molecule has 0 saturated heterocycles. The molecule has 0 saturated carbocycles. The van der Waals surface area contributed by atoms with Crippen LogP contribution in [0, 0.1) is 0 Å². The van der Waals surface area contributed by atoms with Gasteiger partial charge in [0.15, 0.2) is 0 Å². The first-order chi connectivity index (χ1) is 14.4. The number of benzene rings is 2. The van der Waals surface area contributed by atoms with Gasteiger partial charge in [-0.15, -0.1) is 0 Å². The van der Waals surface area contributed by atoms with E-state index in [0.29, 0.717) is 7.35 Å². The fourth-order valence-electron chi connectivity index (χ4n) is 4.59. The third-order valence-corrected chi connectivity index (χ3v) is 18.5. The Bertz CT molecular complexity index is 1140. The average Bonchev–Trinajstić information content (AvgIpc) is 3.55. The summed E-state index contributed by atoms with van der Waals surface area (Å²) < 4.78 is 1.41. The van der Waals surface area contributed by atoms with Gasteiger partial charge in [0.1, 0.15) is 0 Å². The molecular weight excluding hydrogens is 624 g/mol. The molecule has 0 N–H and O–H groups in total. The minimum Gasteiger partial charge on any atom is -1.00 e. The zero-order valence-electron chi connectivity index (χ0n) is 16.7. The second-order valence-corrected chi connectivity index (χ2v) is 16.8. The van der Waals surface area contributed by atoms with E-state index in [-0.39, 0.29) is 39.9 Å². The maximum atomic E-state index is 2.53. The third kappa shape index (κ3) is 4.17. The molecule has 2 aliphatic carbocycles. The molecule has 5 heteroatoms. The van der Waals surface area contributed by atoms with Gasteiger partial charge in [0.05, 0.1) is 0 Å². The standard InChI is InChI=1S/2C13H10P.2ClH.Hf/c2*1-2-6-12-10-13(9-11(12)5-1)14-7-3-4-8-14;;;/h2*1-10H;2*1H;/q;;;;+2/p-2. The van der Waals surface area contributed by atoms with Gasteiger partial charge in [0, 0.05) is 0 Å². The van der Waals surface area contributed by atoms with E-state index < -0.39 is 22.9 Å². The first-order valence-electron chi connectivity index (χ1n) is 10.0. The summed E-state index contributed by atoms with van der Waals surface area (Å²) in [4.78, 5) is 0. The normalized spacial score (nSPS) is 18.1. The van der Waals surface area contributed by atoms with Crippen molar-refractivity contribution in [2.24, 2.45) is 0 Å². The SMILES string of the molecule is C1=C(p2cccc2)[CH]([Hf+2][CH]2C(p3cccc3)=Cc3ccccc32)c2ccccc21.[Cl-].[Cl-]. The Labute approximate surface area is 209 Å². The van der Waals surface area contributed by atoms with Gasteiger partial charge >= 0.3 is 186 Å². The van der Waals surface area contributed by atoms with Crippen LogP contribution < -0.4 is 24.8 Å². The van der Waals surface area contributed by atoms with Gasteiger partial charge in [0.25, 0.3) is 0 Å². The first kappa shape index (κ1) is 23.1. The summed E-state index contributed by atoms with van der Waals surface area (Å²) in [6.45, 7) is 0. The van der Waals surface area contributed by atoms with E-state index in [4.69, 9.17) is 0 Å². The van der Waals surface area contributed by atoms with Crippen molar-refractivity contribution in [2.75, 3.05) is 0 Å². The number of hydrogen-bond acceptors (Lipinski definition) is 0. The predicted molar refractivity (Wildman–Crippen MR) is 125 cm³/mol. The summed E-state index contributed by atoms with van der Waals surface area (Å²) in [6, 6.07) is 27.3. The summed E-state index contributed by atoms with van der Waals surface area (Å²) in [5.74, 6) is 9.76. The van der Waals surface area contributed by atoms with Crippen molar-refractivity contribution in [3.8, 4) is 0 Å². The first-order valence-corrected chi connectivity index (χ1v) is 17.1. The van der Waals surface area contributed by atoms with Crippen molar-refractivity contribution in [2.45, 2.75) is 7.35 Å². The fourth-order valence-corrected chi connectivity index (χ4v) is 18.7. The smallest absolute Gasteiger partial charge is 1.00 e. The van der Waals surface area contributed by atoms with Crippen molar-refractivity contribution in [3.63, 3.8) is 0 Å². The molecule has 0 radical (unpaired) electrons. The van der Waals surface area contributed by atoms with Crippen LogP contribution in [-0.4, -0.2) is 0 Å².